The molecule has 2 rings (SSSR count). The zero-order valence-electron chi connectivity index (χ0n) is 7.96. The van der Waals surface area contributed by atoms with Crippen LogP contribution in [0.2, 0.25) is 0 Å². The van der Waals surface area contributed by atoms with Gasteiger partial charge in [-0.1, -0.05) is 30.4 Å². The molecule has 1 aliphatic heterocycles. The van der Waals surface area contributed by atoms with Crippen LogP contribution >= 0.6 is 0 Å². The van der Waals surface area contributed by atoms with Crippen molar-refractivity contribution in [2.45, 2.75) is 0 Å². The maximum atomic E-state index is 11.6. The molecular formula is C11H10N2OS. The number of hydrogen-bond acceptors (Lipinski definition) is 2. The van der Waals surface area contributed by atoms with Crippen LogP contribution in [-0.2, 0) is 10.7 Å². The highest BCUT2D eigenvalue weighted by Crippen LogP contribution is 2.02. The van der Waals surface area contributed by atoms with Gasteiger partial charge >= 0.3 is 0 Å². The van der Waals surface area contributed by atoms with Gasteiger partial charge in [0.2, 0.25) is 0 Å². The minimum Gasteiger partial charge on any atom is -0.267 e. The second-order valence-electron chi connectivity index (χ2n) is 2.90. The molecule has 0 fully saturated rings. The van der Waals surface area contributed by atoms with Gasteiger partial charge in [-0.05, 0) is 33.6 Å². The van der Waals surface area contributed by atoms with Gasteiger partial charge in [0, 0.05) is 5.56 Å². The van der Waals surface area contributed by atoms with Crippen LogP contribution in [0.4, 0.5) is 0 Å². The summed E-state index contributed by atoms with van der Waals surface area (Å²) in [7, 11) is -0.290. The number of carbonyl (C=O) groups excluding carboxylic acids is 1. The van der Waals surface area contributed by atoms with Crippen molar-refractivity contribution in [3.05, 3.63) is 58.9 Å². The first-order chi connectivity index (χ1) is 7.36. The van der Waals surface area contributed by atoms with Crippen molar-refractivity contribution in [2.75, 3.05) is 0 Å². The molecule has 15 heavy (non-hydrogen) atoms. The molecule has 1 heterocycles. The molecule has 0 saturated heterocycles. The molecule has 3 nitrogen and oxygen atoms in total. The van der Waals surface area contributed by atoms with Crippen molar-refractivity contribution < 1.29 is 4.79 Å². The molecule has 1 N–H and O–H groups in total. The highest BCUT2D eigenvalue weighted by molar-refractivity contribution is 7.93. The Morgan fingerprint density at radius 3 is 2.47 bits per heavy atom. The van der Waals surface area contributed by atoms with Crippen LogP contribution in [0.15, 0.2) is 57.8 Å². The van der Waals surface area contributed by atoms with Gasteiger partial charge in [0.05, 0.1) is 0 Å². The summed E-state index contributed by atoms with van der Waals surface area (Å²) in [6.45, 7) is 0. The van der Waals surface area contributed by atoms with E-state index < -0.39 is 0 Å². The van der Waals surface area contributed by atoms with Crippen molar-refractivity contribution in [2.24, 2.45) is 4.47 Å². The van der Waals surface area contributed by atoms with E-state index in [1.165, 1.54) is 0 Å². The summed E-state index contributed by atoms with van der Waals surface area (Å²) in [4.78, 5) is 11.6. The molecule has 4 heteroatoms. The topological polar surface area (TPSA) is 41.5 Å². The quantitative estimate of drug-likeness (QED) is 0.759. The molecule has 76 valence electrons. The molecule has 1 aromatic carbocycles. The minimum absolute atomic E-state index is 0.170. The molecule has 1 aliphatic rings. The number of amides is 1. The fourth-order valence-corrected chi connectivity index (χ4v) is 2.01. The Balaban J connectivity index is 2.02. The average molecular weight is 218 g/mol. The van der Waals surface area contributed by atoms with E-state index in [9.17, 15) is 4.79 Å². The number of rotatable bonds is 2. The van der Waals surface area contributed by atoms with Gasteiger partial charge in [-0.2, -0.15) is 0 Å². The van der Waals surface area contributed by atoms with Crippen molar-refractivity contribution in [1.29, 1.82) is 0 Å². The molecule has 0 saturated carbocycles. The van der Waals surface area contributed by atoms with Crippen LogP contribution in [0.5, 0.6) is 0 Å². The van der Waals surface area contributed by atoms with E-state index in [2.05, 4.69) is 9.90 Å². The fourth-order valence-electron chi connectivity index (χ4n) is 1.11. The third kappa shape index (κ3) is 2.63. The predicted octanol–water partition coefficient (Wildman–Crippen LogP) is 2.17. The number of hydrogen-bond donors (Lipinski definition) is 1. The van der Waals surface area contributed by atoms with E-state index in [4.69, 9.17) is 0 Å². The van der Waals surface area contributed by atoms with Crippen LogP contribution in [0.3, 0.4) is 0 Å². The highest BCUT2D eigenvalue weighted by atomic mass is 32.2. The van der Waals surface area contributed by atoms with Crippen LogP contribution < -0.4 is 5.43 Å². The molecule has 0 unspecified atom stereocenters. The Kier molecular flexibility index (Phi) is 3.09. The first-order valence-electron chi connectivity index (χ1n) is 4.49. The lowest BCUT2D eigenvalue weighted by molar-refractivity contribution is 0.0956. The largest absolute Gasteiger partial charge is 0.271 e. The Morgan fingerprint density at radius 1 is 1.13 bits per heavy atom. The molecule has 0 radical (unpaired) electrons. The van der Waals surface area contributed by atoms with Crippen LogP contribution in [-0.4, -0.2) is 5.91 Å². The van der Waals surface area contributed by atoms with Crippen molar-refractivity contribution in [3.63, 3.8) is 0 Å². The van der Waals surface area contributed by atoms with Crippen molar-refractivity contribution in [3.8, 4) is 0 Å². The van der Waals surface area contributed by atoms with Crippen LogP contribution in [0, 0.1) is 0 Å². The van der Waals surface area contributed by atoms with Gasteiger partial charge < -0.3 is 0 Å². The molecule has 1 aromatic rings. The first kappa shape index (κ1) is 9.86. The summed E-state index contributed by atoms with van der Waals surface area (Å²) in [5.41, 5.74) is 3.16. The predicted molar refractivity (Wildman–Crippen MR) is 62.0 cm³/mol. The smallest absolute Gasteiger partial charge is 0.267 e. The molecular weight excluding hydrogens is 208 g/mol. The molecule has 0 aromatic heterocycles. The average Bonchev–Trinajstić information content (AvgIpc) is 2.80. The summed E-state index contributed by atoms with van der Waals surface area (Å²) < 4.78 is 4.05. The van der Waals surface area contributed by atoms with Gasteiger partial charge in [-0.15, -0.1) is 4.47 Å². The van der Waals surface area contributed by atoms with Gasteiger partial charge in [0.25, 0.3) is 5.91 Å². The summed E-state index contributed by atoms with van der Waals surface area (Å²) in [5, 5.41) is 3.87. The number of allylic oxidation sites excluding steroid dienone is 2. The van der Waals surface area contributed by atoms with Gasteiger partial charge in [-0.25, -0.2) is 5.43 Å². The van der Waals surface area contributed by atoms with Crippen molar-refractivity contribution >= 4 is 16.6 Å². The highest BCUT2D eigenvalue weighted by Gasteiger charge is 2.02. The molecule has 0 bridgehead atoms. The number of carbonyl (C=O) groups is 1. The first-order valence-corrected chi connectivity index (χ1v) is 5.80. The van der Waals surface area contributed by atoms with Gasteiger partial charge in [-0.3, -0.25) is 4.79 Å². The maximum absolute atomic E-state index is 11.6. The fraction of sp³-hybridized carbons (Fsp3) is 0. The third-order valence-corrected chi connectivity index (χ3v) is 3.01. The van der Waals surface area contributed by atoms with E-state index in [1.807, 2.05) is 41.2 Å². The lowest BCUT2D eigenvalue weighted by Gasteiger charge is -1.99. The lowest BCUT2D eigenvalue weighted by atomic mass is 10.2. The summed E-state index contributed by atoms with van der Waals surface area (Å²) in [6.07, 6.45) is 3.84. The molecule has 1 amide bonds. The van der Waals surface area contributed by atoms with E-state index in [0.717, 1.165) is 0 Å². The summed E-state index contributed by atoms with van der Waals surface area (Å²) in [5.74, 6) is -0.170. The van der Waals surface area contributed by atoms with Crippen LogP contribution in [0.25, 0.3) is 0 Å². The van der Waals surface area contributed by atoms with E-state index in [0.29, 0.717) is 5.56 Å². The normalized spacial score (nSPS) is 14.1. The Bertz CT molecular complexity index is 435. The minimum atomic E-state index is -0.290. The van der Waals surface area contributed by atoms with Gasteiger partial charge in [0.15, 0.2) is 0 Å². The lowest BCUT2D eigenvalue weighted by Crippen LogP contribution is -2.17. The number of nitrogens with zero attached hydrogens (tertiary/aromatic N) is 1. The Labute approximate surface area is 90.6 Å². The van der Waals surface area contributed by atoms with Gasteiger partial charge in [0.1, 0.15) is 0 Å². The summed E-state index contributed by atoms with van der Waals surface area (Å²) in [6, 6.07) is 9.04. The number of nitrogens with one attached hydrogen (secondary N) is 1. The van der Waals surface area contributed by atoms with E-state index in [-0.39, 0.29) is 16.6 Å². The second kappa shape index (κ2) is 4.70. The maximum Gasteiger partial charge on any atom is 0.271 e. The van der Waals surface area contributed by atoms with E-state index >= 15 is 0 Å². The third-order valence-electron chi connectivity index (χ3n) is 1.84. The van der Waals surface area contributed by atoms with E-state index in [1.54, 1.807) is 12.1 Å². The molecule has 0 atom stereocenters. The summed E-state index contributed by atoms with van der Waals surface area (Å²) >= 11 is 0. The molecule has 0 spiro atoms. The monoisotopic (exact) mass is 218 g/mol. The Morgan fingerprint density at radius 2 is 1.80 bits per heavy atom. The number of benzene rings is 1. The second-order valence-corrected chi connectivity index (χ2v) is 4.32. The zero-order chi connectivity index (χ0) is 10.5. The molecule has 0 aliphatic carbocycles. The Hall–Kier alpha value is -1.68. The zero-order valence-corrected chi connectivity index (χ0v) is 8.78. The van der Waals surface area contributed by atoms with Crippen LogP contribution in [0.1, 0.15) is 10.4 Å². The standard InChI is InChI=1S/C11H10N2OS/c14-11(10-6-2-1-3-7-10)12-13-15-8-4-5-9-15/h1-9H,(H,12,14). The van der Waals surface area contributed by atoms with Crippen molar-refractivity contribution in [1.82, 2.24) is 5.43 Å². The SMILES string of the molecule is O=C(NN=S1C=CC=C1)c1ccccc1.